The zero-order valence-corrected chi connectivity index (χ0v) is 61.6. The fourth-order valence-electron chi connectivity index (χ4n) is 2.85. The molecule has 0 saturated heterocycles. The van der Waals surface area contributed by atoms with E-state index < -0.39 is 0 Å². The molecule has 44 heteroatoms. The number of nitrogens with two attached hydrogens (primary N) is 6. The van der Waals surface area contributed by atoms with Gasteiger partial charge in [-0.05, 0) is 83.1 Å². The summed E-state index contributed by atoms with van der Waals surface area (Å²) < 4.78 is 8.67. The van der Waals surface area contributed by atoms with Crippen LogP contribution in [0.1, 0.15) is 69.9 Å². The van der Waals surface area contributed by atoms with E-state index in [4.69, 9.17) is 78.3 Å². The Morgan fingerprint density at radius 1 is 0.224 bits per heavy atom. The molecule has 0 radical (unpaired) electrons. The summed E-state index contributed by atoms with van der Waals surface area (Å²) in [5.74, 6) is 41.2. The second kappa shape index (κ2) is 69.5. The molecule has 0 spiro atoms. The number of aryl methyl sites for hydroxylation is 12. The van der Waals surface area contributed by atoms with Crippen LogP contribution in [0.3, 0.4) is 0 Å². The third-order valence-electron chi connectivity index (χ3n) is 6.22. The van der Waals surface area contributed by atoms with Crippen LogP contribution in [0.2, 0.25) is 0 Å². The van der Waals surface area contributed by atoms with Gasteiger partial charge in [0, 0.05) is 0 Å². The quantitative estimate of drug-likeness (QED) is 0.0551. The van der Waals surface area contributed by atoms with Crippen molar-refractivity contribution in [1.82, 2.24) is 89.2 Å². The zero-order valence-electron chi connectivity index (χ0n) is 43.2. The van der Waals surface area contributed by atoms with Crippen molar-refractivity contribution in [3.8, 4) is 0 Å². The Balaban J connectivity index is -0.0000000592. The predicted octanol–water partition coefficient (Wildman–Crippen LogP) is 2.91. The number of hydrogen-bond donors (Lipinski definition) is 6. The molecule has 0 aromatic carbocycles. The average Bonchev–Trinajstić information content (AvgIpc) is 4.13. The first-order chi connectivity index (χ1) is 33.6. The summed E-state index contributed by atoms with van der Waals surface area (Å²) >= 11 is 29.6. The van der Waals surface area contributed by atoms with Gasteiger partial charge in [-0.15, -0.1) is 61.2 Å². The van der Waals surface area contributed by atoms with Gasteiger partial charge in [0.1, 0.15) is 69.9 Å². The molecule has 0 atom stereocenters. The summed E-state index contributed by atoms with van der Waals surface area (Å²) in [4.78, 5) is 0. The number of aromatic nitrogens is 18. The number of hydrogen-bond acceptors (Lipinski definition) is 26. The Morgan fingerprint density at radius 2 is 0.263 bits per heavy atom. The van der Waals surface area contributed by atoms with Gasteiger partial charge < -0.3 is 78.3 Å². The summed E-state index contributed by atoms with van der Waals surface area (Å²) in [6.07, 6.45) is 0. The van der Waals surface area contributed by atoms with Crippen molar-refractivity contribution < 1.29 is 77.9 Å². The van der Waals surface area contributed by atoms with Crippen molar-refractivity contribution in [1.29, 1.82) is 0 Å². The van der Waals surface area contributed by atoms with E-state index in [1.54, 1.807) is 83.1 Å². The molecule has 0 amide bonds. The van der Waals surface area contributed by atoms with E-state index in [1.807, 2.05) is 0 Å². The van der Waals surface area contributed by atoms with Crippen LogP contribution in [0.25, 0.3) is 43.3 Å². The number of nitrogen functional groups attached to an aromatic ring is 6. The van der Waals surface area contributed by atoms with Crippen LogP contribution in [-0.2, 0) is 77.9 Å². The van der Waals surface area contributed by atoms with Crippen LogP contribution in [0.4, 0.5) is 0 Å². The van der Waals surface area contributed by atoms with Crippen molar-refractivity contribution in [3.05, 3.63) is 113 Å². The maximum atomic E-state index is 7.13. The third kappa shape index (κ3) is 59.4. The molecular formula is C32H48N32S8Zn4. The normalized spacial score (nSPS) is 7.00. The molecule has 0 aliphatic rings. The number of isothiocyanates is 8. The van der Waals surface area contributed by atoms with Crippen LogP contribution < -0.4 is 35.1 Å². The second-order valence-corrected chi connectivity index (χ2v) is 12.2. The molecule has 0 fully saturated rings. The van der Waals surface area contributed by atoms with E-state index >= 15 is 0 Å². The van der Waals surface area contributed by atoms with Gasteiger partial charge in [-0.25, -0.2) is 28.1 Å². The van der Waals surface area contributed by atoms with Gasteiger partial charge in [0.05, 0.1) is 0 Å². The van der Waals surface area contributed by atoms with Gasteiger partial charge in [-0.1, -0.05) is 97.7 Å². The molecule has 0 unspecified atom stereocenters. The van der Waals surface area contributed by atoms with Crippen molar-refractivity contribution in [2.75, 3.05) is 35.1 Å². The monoisotopic (exact) mass is 1390 g/mol. The predicted molar refractivity (Wildman–Crippen MR) is 306 cm³/mol. The van der Waals surface area contributed by atoms with Crippen molar-refractivity contribution >= 4 is 139 Å². The molecule has 6 rings (SSSR count). The Bertz CT molecular complexity index is 2050. The van der Waals surface area contributed by atoms with E-state index in [0.29, 0.717) is 0 Å². The molecule has 6 aromatic heterocycles. The Labute approximate surface area is 532 Å². The smallest absolute Gasteiger partial charge is 0.753 e. The maximum absolute atomic E-state index is 7.13. The van der Waals surface area contributed by atoms with E-state index in [-0.39, 0.29) is 77.9 Å². The average molecular weight is 1400 g/mol. The van der Waals surface area contributed by atoms with Gasteiger partial charge in [0.2, 0.25) is 0 Å². The molecule has 0 saturated carbocycles. The largest absolute Gasteiger partial charge is 2.00 e. The fourth-order valence-corrected chi connectivity index (χ4v) is 2.85. The van der Waals surface area contributed by atoms with Gasteiger partial charge >= 0.3 is 77.9 Å². The molecule has 0 bridgehead atoms. The Kier molecular flexibility index (Phi) is 91.1. The molecule has 392 valence electrons. The minimum Gasteiger partial charge on any atom is -0.753 e. The van der Waals surface area contributed by atoms with Gasteiger partial charge in [0.15, 0.2) is 0 Å². The van der Waals surface area contributed by atoms with Crippen molar-refractivity contribution in [3.63, 3.8) is 0 Å². The minimum atomic E-state index is 0. The van der Waals surface area contributed by atoms with Crippen LogP contribution in [0.15, 0.2) is 0 Å². The molecule has 6 aromatic rings. The molecule has 12 N–H and O–H groups in total. The van der Waals surface area contributed by atoms with Crippen LogP contribution in [-0.4, -0.2) is 131 Å². The fraction of sp³-hybridized carbons (Fsp3) is 0.375. The van der Waals surface area contributed by atoms with E-state index in [1.165, 1.54) is 69.3 Å². The minimum absolute atomic E-state index is 0. The third-order valence-corrected chi connectivity index (χ3v) is 6.22. The summed E-state index contributed by atoms with van der Waals surface area (Å²) in [6, 6.07) is 0. The van der Waals surface area contributed by atoms with E-state index in [2.05, 4.69) is 159 Å². The van der Waals surface area contributed by atoms with E-state index in [9.17, 15) is 0 Å². The second-order valence-electron chi connectivity index (χ2n) is 10.7. The summed E-state index contributed by atoms with van der Waals surface area (Å²) in [5, 5.41) is 112. The standard InChI is InChI=1S/6C4H8N4.8CNS.4Zn/c6*1-3-6-7-4(2)8(3)5;8*2-1-3;;;;/h6*5H2,1-2H3;;;;;;;;;;;;/q;;;;;;8*-1;4*+2. The molecule has 76 heavy (non-hydrogen) atoms. The maximum Gasteiger partial charge on any atom is 2.00 e. The molecule has 0 aliphatic carbocycles. The summed E-state index contributed by atoms with van der Waals surface area (Å²) in [5.41, 5.74) is 0. The molecule has 0 aliphatic heterocycles. The summed E-state index contributed by atoms with van der Waals surface area (Å²) in [7, 11) is 0. The number of thiocarbonyl (C=S) groups is 8. The molecule has 32 nitrogen and oxygen atoms in total. The number of nitrogens with zero attached hydrogens (tertiary/aromatic N) is 26. The SMILES string of the molecule is Cc1nnc(C)n1N.Cc1nnc(C)n1N.Cc1nnc(C)n1N.Cc1nnc(C)n1N.Cc1nnc(C)n1N.Cc1nnc(C)n1N.[N-]=C=S.[N-]=C=S.[N-]=C=S.[N-]=C=S.[N-]=C=S.[N-]=C=S.[N-]=C=S.[N-]=C=S.[Zn+2].[Zn+2].[Zn+2].[Zn+2]. The summed E-state index contributed by atoms with van der Waals surface area (Å²) in [6.45, 7) is 21.7. The first-order valence-electron chi connectivity index (χ1n) is 17.5. The van der Waals surface area contributed by atoms with Gasteiger partial charge in [-0.3, -0.25) is 0 Å². The van der Waals surface area contributed by atoms with Crippen LogP contribution in [0, 0.1) is 83.1 Å². The van der Waals surface area contributed by atoms with Crippen molar-refractivity contribution in [2.24, 2.45) is 0 Å². The zero-order chi connectivity index (χ0) is 58.5. The van der Waals surface area contributed by atoms with Gasteiger partial charge in [-0.2, -0.15) is 41.3 Å². The first-order valence-corrected chi connectivity index (χ1v) is 20.8. The van der Waals surface area contributed by atoms with Crippen LogP contribution >= 0.6 is 97.7 Å². The van der Waals surface area contributed by atoms with Crippen LogP contribution in [0.5, 0.6) is 0 Å². The van der Waals surface area contributed by atoms with Gasteiger partial charge in [0.25, 0.3) is 0 Å². The molecular weight excluding hydrogens is 1350 g/mol. The van der Waals surface area contributed by atoms with E-state index in [0.717, 1.165) is 69.9 Å². The Morgan fingerprint density at radius 3 is 0.276 bits per heavy atom. The molecule has 6 heterocycles. The number of rotatable bonds is 0. The Hall–Kier alpha value is -5.47. The topological polar surface area (TPSA) is 519 Å². The first kappa shape index (κ1) is 99.5. The van der Waals surface area contributed by atoms with Crippen molar-refractivity contribution in [2.45, 2.75) is 83.1 Å².